The second-order valence-corrected chi connectivity index (χ2v) is 3.81. The molecular weight excluding hydrogens is 168 g/mol. The van der Waals surface area contributed by atoms with E-state index in [-0.39, 0.29) is 18.1 Å². The lowest BCUT2D eigenvalue weighted by Crippen LogP contribution is -2.55. The van der Waals surface area contributed by atoms with Gasteiger partial charge < -0.3 is 15.0 Å². The fourth-order valence-electron chi connectivity index (χ4n) is 2.05. The first-order valence-corrected chi connectivity index (χ1v) is 4.88. The Balaban J connectivity index is 2.05. The lowest BCUT2D eigenvalue weighted by Gasteiger charge is -2.39. The van der Waals surface area contributed by atoms with Crippen molar-refractivity contribution >= 4 is 5.91 Å². The molecule has 4 nitrogen and oxygen atoms in total. The molecule has 1 spiro atoms. The Morgan fingerprint density at radius 1 is 1.69 bits per heavy atom. The van der Waals surface area contributed by atoms with Crippen molar-refractivity contribution in [1.82, 2.24) is 10.2 Å². The lowest BCUT2D eigenvalue weighted by atomic mass is 10.0. The van der Waals surface area contributed by atoms with Crippen LogP contribution in [0.2, 0.25) is 0 Å². The van der Waals surface area contributed by atoms with Crippen molar-refractivity contribution in [3.63, 3.8) is 0 Å². The molecular formula is C9H16N2O2. The maximum atomic E-state index is 11.3. The predicted molar refractivity (Wildman–Crippen MR) is 48.4 cm³/mol. The lowest BCUT2D eigenvalue weighted by molar-refractivity contribution is -0.160. The zero-order valence-electron chi connectivity index (χ0n) is 8.01. The number of hydrogen-bond acceptors (Lipinski definition) is 3. The van der Waals surface area contributed by atoms with Crippen molar-refractivity contribution in [2.24, 2.45) is 0 Å². The number of rotatable bonds is 1. The van der Waals surface area contributed by atoms with Gasteiger partial charge in [0, 0.05) is 13.1 Å². The van der Waals surface area contributed by atoms with Crippen LogP contribution < -0.4 is 5.32 Å². The summed E-state index contributed by atoms with van der Waals surface area (Å²) in [5.74, 6) is 0.125. The Labute approximate surface area is 78.2 Å². The predicted octanol–water partition coefficient (Wildman–Crippen LogP) is -0.403. The van der Waals surface area contributed by atoms with E-state index in [1.807, 2.05) is 11.8 Å². The highest BCUT2D eigenvalue weighted by Crippen LogP contribution is 2.24. The van der Waals surface area contributed by atoms with E-state index < -0.39 is 0 Å². The van der Waals surface area contributed by atoms with Gasteiger partial charge in [0.15, 0.2) is 0 Å². The van der Waals surface area contributed by atoms with Crippen LogP contribution in [0, 0.1) is 0 Å². The summed E-state index contributed by atoms with van der Waals surface area (Å²) in [4.78, 5) is 13.2. The number of carbonyl (C=O) groups excluding carboxylic acids is 1. The SMILES string of the molecule is CCN1CC2(CCNC2)OCC1=O. The molecule has 2 rings (SSSR count). The van der Waals surface area contributed by atoms with Crippen LogP contribution in [0.4, 0.5) is 0 Å². The van der Waals surface area contributed by atoms with Crippen LogP contribution in [0.5, 0.6) is 0 Å². The molecule has 1 N–H and O–H groups in total. The van der Waals surface area contributed by atoms with Gasteiger partial charge >= 0.3 is 0 Å². The van der Waals surface area contributed by atoms with E-state index in [9.17, 15) is 4.79 Å². The Morgan fingerprint density at radius 3 is 3.15 bits per heavy atom. The van der Waals surface area contributed by atoms with E-state index >= 15 is 0 Å². The fourth-order valence-corrected chi connectivity index (χ4v) is 2.05. The second kappa shape index (κ2) is 3.27. The maximum Gasteiger partial charge on any atom is 0.248 e. The molecule has 4 heteroatoms. The molecule has 0 radical (unpaired) electrons. The summed E-state index contributed by atoms with van der Waals surface area (Å²) in [6, 6.07) is 0. The van der Waals surface area contributed by atoms with Gasteiger partial charge in [-0.2, -0.15) is 0 Å². The van der Waals surface area contributed by atoms with Crippen molar-refractivity contribution in [3.05, 3.63) is 0 Å². The summed E-state index contributed by atoms with van der Waals surface area (Å²) < 4.78 is 5.62. The Kier molecular flexibility index (Phi) is 2.26. The number of morpholine rings is 1. The smallest absolute Gasteiger partial charge is 0.248 e. The highest BCUT2D eigenvalue weighted by Gasteiger charge is 2.41. The van der Waals surface area contributed by atoms with Gasteiger partial charge in [-0.25, -0.2) is 0 Å². The van der Waals surface area contributed by atoms with E-state index in [0.29, 0.717) is 0 Å². The Morgan fingerprint density at radius 2 is 2.54 bits per heavy atom. The standard InChI is InChI=1S/C9H16N2O2/c1-2-11-7-9(3-4-10-6-9)13-5-8(11)12/h10H,2-7H2,1H3. The summed E-state index contributed by atoms with van der Waals surface area (Å²) >= 11 is 0. The first-order chi connectivity index (χ1) is 6.26. The molecule has 2 aliphatic heterocycles. The van der Waals surface area contributed by atoms with Gasteiger partial charge in [-0.05, 0) is 19.9 Å². The van der Waals surface area contributed by atoms with E-state index in [4.69, 9.17) is 4.74 Å². The molecule has 0 saturated carbocycles. The minimum absolute atomic E-state index is 0.0794. The number of nitrogens with zero attached hydrogens (tertiary/aromatic N) is 1. The van der Waals surface area contributed by atoms with Crippen LogP contribution >= 0.6 is 0 Å². The number of nitrogens with one attached hydrogen (secondary N) is 1. The largest absolute Gasteiger partial charge is 0.362 e. The summed E-state index contributed by atoms with van der Waals surface area (Å²) in [6.07, 6.45) is 1.02. The molecule has 0 aromatic rings. The highest BCUT2D eigenvalue weighted by molar-refractivity contribution is 5.78. The average molecular weight is 184 g/mol. The van der Waals surface area contributed by atoms with Gasteiger partial charge in [0.2, 0.25) is 5.91 Å². The van der Waals surface area contributed by atoms with E-state index in [2.05, 4.69) is 5.32 Å². The van der Waals surface area contributed by atoms with E-state index in [0.717, 1.165) is 32.6 Å². The molecule has 0 aromatic carbocycles. The van der Waals surface area contributed by atoms with Crippen LogP contribution in [-0.2, 0) is 9.53 Å². The van der Waals surface area contributed by atoms with Crippen molar-refractivity contribution in [1.29, 1.82) is 0 Å². The zero-order valence-corrected chi connectivity index (χ0v) is 8.01. The zero-order chi connectivity index (χ0) is 9.31. The summed E-state index contributed by atoms with van der Waals surface area (Å²) in [5.41, 5.74) is -0.0794. The minimum Gasteiger partial charge on any atom is -0.362 e. The van der Waals surface area contributed by atoms with Gasteiger partial charge in [0.25, 0.3) is 0 Å². The maximum absolute atomic E-state index is 11.3. The van der Waals surface area contributed by atoms with Crippen LogP contribution in [-0.4, -0.2) is 49.2 Å². The monoisotopic (exact) mass is 184 g/mol. The third kappa shape index (κ3) is 1.56. The van der Waals surface area contributed by atoms with Crippen LogP contribution in [0.3, 0.4) is 0 Å². The molecule has 2 fully saturated rings. The molecule has 0 aliphatic carbocycles. The van der Waals surface area contributed by atoms with Gasteiger partial charge in [-0.15, -0.1) is 0 Å². The van der Waals surface area contributed by atoms with Crippen molar-refractivity contribution in [2.75, 3.05) is 32.8 Å². The first kappa shape index (κ1) is 8.97. The number of ether oxygens (including phenoxy) is 1. The quantitative estimate of drug-likeness (QED) is 0.603. The Bertz CT molecular complexity index is 212. The van der Waals surface area contributed by atoms with Gasteiger partial charge in [0.05, 0.1) is 12.1 Å². The van der Waals surface area contributed by atoms with Crippen molar-refractivity contribution in [3.8, 4) is 0 Å². The second-order valence-electron chi connectivity index (χ2n) is 3.81. The summed E-state index contributed by atoms with van der Waals surface area (Å²) in [7, 11) is 0. The van der Waals surface area contributed by atoms with Crippen LogP contribution in [0.25, 0.3) is 0 Å². The molecule has 0 aromatic heterocycles. The normalized spacial score (nSPS) is 34.5. The average Bonchev–Trinajstić information content (AvgIpc) is 2.59. The topological polar surface area (TPSA) is 41.6 Å². The summed E-state index contributed by atoms with van der Waals surface area (Å²) in [6.45, 7) is 5.72. The molecule has 1 unspecified atom stereocenters. The molecule has 74 valence electrons. The number of hydrogen-bond donors (Lipinski definition) is 1. The number of likely N-dealkylation sites (N-methyl/N-ethyl adjacent to an activating group) is 1. The van der Waals surface area contributed by atoms with E-state index in [1.54, 1.807) is 0 Å². The molecule has 0 bridgehead atoms. The molecule has 1 amide bonds. The highest BCUT2D eigenvalue weighted by atomic mass is 16.5. The minimum atomic E-state index is -0.0794. The third-order valence-corrected chi connectivity index (χ3v) is 2.92. The summed E-state index contributed by atoms with van der Waals surface area (Å²) in [5, 5.41) is 3.28. The third-order valence-electron chi connectivity index (χ3n) is 2.92. The van der Waals surface area contributed by atoms with E-state index in [1.165, 1.54) is 0 Å². The van der Waals surface area contributed by atoms with Gasteiger partial charge in [-0.1, -0.05) is 0 Å². The van der Waals surface area contributed by atoms with Crippen LogP contribution in [0.1, 0.15) is 13.3 Å². The Hall–Kier alpha value is -0.610. The molecule has 2 aliphatic rings. The number of amides is 1. The van der Waals surface area contributed by atoms with Gasteiger partial charge in [-0.3, -0.25) is 4.79 Å². The molecule has 13 heavy (non-hydrogen) atoms. The molecule has 2 heterocycles. The van der Waals surface area contributed by atoms with Crippen LogP contribution in [0.15, 0.2) is 0 Å². The van der Waals surface area contributed by atoms with Crippen molar-refractivity contribution in [2.45, 2.75) is 18.9 Å². The first-order valence-electron chi connectivity index (χ1n) is 4.88. The molecule has 1 atom stereocenters. The fraction of sp³-hybridized carbons (Fsp3) is 0.889. The number of carbonyl (C=O) groups is 1. The molecule has 2 saturated heterocycles. The van der Waals surface area contributed by atoms with Crippen molar-refractivity contribution < 1.29 is 9.53 Å². The van der Waals surface area contributed by atoms with Gasteiger partial charge in [0.1, 0.15) is 6.61 Å².